The molecule has 1 aromatic heterocycles. The fraction of sp³-hybridized carbons (Fsp3) is 0.286. The number of rotatable bonds is 11. The number of fused-ring (bicyclic) bond motifs is 1. The molecule has 3 aromatic rings. The van der Waals surface area contributed by atoms with Crippen LogP contribution in [0.15, 0.2) is 65.5 Å². The van der Waals surface area contributed by atoms with Gasteiger partial charge in [0, 0.05) is 32.5 Å². The highest BCUT2D eigenvalue weighted by Gasteiger charge is 2.13. The molecule has 0 aliphatic rings. The topological polar surface area (TPSA) is 84.9 Å². The number of nitrogens with one attached hydrogen (secondary N) is 1. The molecule has 0 spiro atoms. The number of hydrogen-bond donors (Lipinski definition) is 1. The quantitative estimate of drug-likeness (QED) is 0.469. The summed E-state index contributed by atoms with van der Waals surface area (Å²) in [4.78, 5) is 1.98. The van der Waals surface area contributed by atoms with Gasteiger partial charge < -0.3 is 18.8 Å². The Bertz CT molecular complexity index is 1090. The molecule has 0 saturated heterocycles. The summed E-state index contributed by atoms with van der Waals surface area (Å²) in [6.07, 6.45) is 5.42. The van der Waals surface area contributed by atoms with E-state index in [-0.39, 0.29) is 12.4 Å². The van der Waals surface area contributed by atoms with Crippen molar-refractivity contribution in [2.45, 2.75) is 0 Å². The molecule has 1 N–H and O–H groups in total. The van der Waals surface area contributed by atoms with E-state index in [1.54, 1.807) is 31.7 Å². The Hall–Kier alpha value is -2.88. The zero-order chi connectivity index (χ0) is 21.4. The summed E-state index contributed by atoms with van der Waals surface area (Å²) in [7, 11) is -0.372. The molecule has 1 heterocycles. The number of aromatic nitrogens is 1. The van der Waals surface area contributed by atoms with Crippen LogP contribution in [0, 0.1) is 0 Å². The first-order valence-corrected chi connectivity index (χ1v) is 11.1. The first-order valence-electron chi connectivity index (χ1n) is 9.43. The van der Waals surface area contributed by atoms with Crippen LogP contribution in [0.4, 0.5) is 11.4 Å². The summed E-state index contributed by atoms with van der Waals surface area (Å²) >= 11 is 0. The van der Waals surface area contributed by atoms with Crippen LogP contribution in [-0.2, 0) is 19.5 Å². The van der Waals surface area contributed by atoms with Gasteiger partial charge in [0.05, 0.1) is 30.9 Å². The Labute approximate surface area is 176 Å². The minimum absolute atomic E-state index is 0.106. The van der Waals surface area contributed by atoms with Crippen LogP contribution in [0.25, 0.3) is 17.3 Å². The molecule has 8 nitrogen and oxygen atoms in total. The normalized spacial score (nSPS) is 11.9. The minimum atomic E-state index is -3.48. The van der Waals surface area contributed by atoms with Gasteiger partial charge in [0.25, 0.3) is 5.52 Å². The van der Waals surface area contributed by atoms with Gasteiger partial charge in [-0.05, 0) is 24.3 Å². The van der Waals surface area contributed by atoms with Gasteiger partial charge >= 0.3 is 6.39 Å². The second kappa shape index (κ2) is 10.2. The smallest absolute Gasteiger partial charge is 0.341 e. The molecule has 0 saturated carbocycles. The molecule has 0 bridgehead atoms. The van der Waals surface area contributed by atoms with E-state index in [0.29, 0.717) is 18.8 Å². The molecule has 0 unspecified atom stereocenters. The van der Waals surface area contributed by atoms with Crippen LogP contribution in [0.5, 0.6) is 0 Å². The van der Waals surface area contributed by atoms with Crippen molar-refractivity contribution >= 4 is 38.7 Å². The Kier molecular flexibility index (Phi) is 7.45. The van der Waals surface area contributed by atoms with Crippen molar-refractivity contribution in [3.8, 4) is 0 Å². The van der Waals surface area contributed by atoms with Crippen molar-refractivity contribution in [1.29, 1.82) is 0 Å². The highest BCUT2D eigenvalue weighted by atomic mass is 32.2. The number of nitrogens with zero attached hydrogens (tertiary/aromatic N) is 2. The van der Waals surface area contributed by atoms with E-state index in [2.05, 4.69) is 4.72 Å². The molecule has 160 valence electrons. The molecule has 2 aromatic carbocycles. The third-order valence-electron chi connectivity index (χ3n) is 4.39. The third kappa shape index (κ3) is 5.82. The standard InChI is InChI=1S/C21H26N3O5S/c1-27-13-12-23(10-11-24-17-29-21-9-4-3-8-20(21)24)19-7-5-6-18(16-19)22-30(25,26)15-14-28-2/h3-11,16-17,22H,12-15H2,1-2H3/q+1. The maximum atomic E-state index is 12.2. The van der Waals surface area contributed by atoms with E-state index >= 15 is 0 Å². The van der Waals surface area contributed by atoms with Crippen LogP contribution in [0.3, 0.4) is 0 Å². The summed E-state index contributed by atoms with van der Waals surface area (Å²) in [5, 5.41) is 0. The van der Waals surface area contributed by atoms with Crippen LogP contribution in [0.2, 0.25) is 0 Å². The number of benzene rings is 2. The lowest BCUT2D eigenvalue weighted by Crippen LogP contribution is -2.27. The minimum Gasteiger partial charge on any atom is -0.403 e. The third-order valence-corrected chi connectivity index (χ3v) is 5.64. The maximum absolute atomic E-state index is 12.2. The van der Waals surface area contributed by atoms with Crippen molar-refractivity contribution in [3.05, 3.63) is 61.1 Å². The SMILES string of the molecule is COCCN(C=C[n+]1coc2ccccc21)c1cccc(NS(=O)(=O)CCOC)c1. The average Bonchev–Trinajstić information content (AvgIpc) is 3.15. The molecular formula is C21H26N3O5S+. The monoisotopic (exact) mass is 432 g/mol. The van der Waals surface area contributed by atoms with E-state index in [1.807, 2.05) is 52.2 Å². The zero-order valence-corrected chi connectivity index (χ0v) is 17.8. The second-order valence-electron chi connectivity index (χ2n) is 6.55. The predicted octanol–water partition coefficient (Wildman–Crippen LogP) is 2.69. The van der Waals surface area contributed by atoms with Crippen LogP contribution in [0.1, 0.15) is 0 Å². The van der Waals surface area contributed by atoms with Gasteiger partial charge in [-0.15, -0.1) is 4.57 Å². The molecule has 0 aliphatic carbocycles. The molecule has 3 rings (SSSR count). The zero-order valence-electron chi connectivity index (χ0n) is 17.0. The fourth-order valence-corrected chi connectivity index (χ4v) is 3.83. The molecule has 0 atom stereocenters. The molecule has 0 radical (unpaired) electrons. The number of ether oxygens (including phenoxy) is 2. The van der Waals surface area contributed by atoms with E-state index < -0.39 is 10.0 Å². The lowest BCUT2D eigenvalue weighted by atomic mass is 10.2. The van der Waals surface area contributed by atoms with E-state index in [0.717, 1.165) is 16.8 Å². The molecule has 9 heteroatoms. The number of methoxy groups -OCH3 is 2. The summed E-state index contributed by atoms with van der Waals surface area (Å²) in [5.74, 6) is -0.106. The van der Waals surface area contributed by atoms with Crippen molar-refractivity contribution in [2.75, 3.05) is 49.4 Å². The van der Waals surface area contributed by atoms with Gasteiger partial charge in [0.1, 0.15) is 0 Å². The second-order valence-corrected chi connectivity index (χ2v) is 8.39. The fourth-order valence-electron chi connectivity index (χ4n) is 2.86. The summed E-state index contributed by atoms with van der Waals surface area (Å²) in [5.41, 5.74) is 3.04. The molecule has 0 aliphatic heterocycles. The van der Waals surface area contributed by atoms with Gasteiger partial charge in [0.2, 0.25) is 15.6 Å². The van der Waals surface area contributed by atoms with Crippen LogP contribution in [-0.4, -0.2) is 48.1 Å². The van der Waals surface area contributed by atoms with Gasteiger partial charge in [0.15, 0.2) is 6.20 Å². The van der Waals surface area contributed by atoms with E-state index in [9.17, 15) is 8.42 Å². The highest BCUT2D eigenvalue weighted by Crippen LogP contribution is 2.21. The Balaban J connectivity index is 1.83. The summed E-state index contributed by atoms with van der Waals surface area (Å²) in [6, 6.07) is 14.9. The number of para-hydroxylation sites is 2. The lowest BCUT2D eigenvalue weighted by molar-refractivity contribution is -0.545. The van der Waals surface area contributed by atoms with Crippen LogP contribution < -0.4 is 14.2 Å². The number of anilines is 2. The van der Waals surface area contributed by atoms with Crippen molar-refractivity contribution in [3.63, 3.8) is 0 Å². The van der Waals surface area contributed by atoms with Crippen molar-refractivity contribution in [1.82, 2.24) is 0 Å². The van der Waals surface area contributed by atoms with Gasteiger partial charge in [-0.25, -0.2) is 8.42 Å². The van der Waals surface area contributed by atoms with Gasteiger partial charge in [-0.1, -0.05) is 18.2 Å². The van der Waals surface area contributed by atoms with Gasteiger partial charge in [-0.3, -0.25) is 4.72 Å². The van der Waals surface area contributed by atoms with Crippen molar-refractivity contribution < 1.29 is 26.9 Å². The Morgan fingerprint density at radius 1 is 1.10 bits per heavy atom. The Morgan fingerprint density at radius 2 is 1.90 bits per heavy atom. The predicted molar refractivity (Wildman–Crippen MR) is 117 cm³/mol. The van der Waals surface area contributed by atoms with Crippen molar-refractivity contribution in [2.24, 2.45) is 0 Å². The summed E-state index contributed by atoms with van der Waals surface area (Å²) in [6.45, 7) is 1.22. The molecular weight excluding hydrogens is 406 g/mol. The molecule has 0 amide bonds. The molecule has 30 heavy (non-hydrogen) atoms. The number of hydrogen-bond acceptors (Lipinski definition) is 6. The highest BCUT2D eigenvalue weighted by molar-refractivity contribution is 7.92. The number of oxazole rings is 1. The number of sulfonamides is 1. The summed E-state index contributed by atoms with van der Waals surface area (Å²) < 4.78 is 44.4. The average molecular weight is 433 g/mol. The maximum Gasteiger partial charge on any atom is 0.341 e. The van der Waals surface area contributed by atoms with E-state index in [1.165, 1.54) is 7.11 Å². The van der Waals surface area contributed by atoms with Crippen LogP contribution >= 0.6 is 0 Å². The van der Waals surface area contributed by atoms with E-state index in [4.69, 9.17) is 13.9 Å². The molecule has 0 fully saturated rings. The van der Waals surface area contributed by atoms with Gasteiger partial charge in [-0.2, -0.15) is 0 Å². The largest absolute Gasteiger partial charge is 0.403 e. The first kappa shape index (κ1) is 21.8. The first-order chi connectivity index (χ1) is 14.5. The lowest BCUT2D eigenvalue weighted by Gasteiger charge is -2.20. The Morgan fingerprint density at radius 3 is 2.70 bits per heavy atom.